The van der Waals surface area contributed by atoms with Gasteiger partial charge in [0.1, 0.15) is 0 Å². The van der Waals surface area contributed by atoms with Crippen LogP contribution in [0.2, 0.25) is 25.7 Å². The van der Waals surface area contributed by atoms with E-state index in [-0.39, 0.29) is 6.04 Å². The summed E-state index contributed by atoms with van der Waals surface area (Å²) in [6.07, 6.45) is 4.14. The highest BCUT2D eigenvalue weighted by molar-refractivity contribution is 7.90. The molecule has 0 bridgehead atoms. The molecule has 0 aromatic heterocycles. The fourth-order valence-electron chi connectivity index (χ4n) is 2.07. The van der Waals surface area contributed by atoms with Crippen LogP contribution in [-0.2, 0) is 10.0 Å². The van der Waals surface area contributed by atoms with Crippen molar-refractivity contribution in [2.75, 3.05) is 0 Å². The van der Waals surface area contributed by atoms with E-state index in [1.165, 1.54) is 5.57 Å². The molecule has 1 atom stereocenters. The summed E-state index contributed by atoms with van der Waals surface area (Å²) in [5, 5.41) is 0. The maximum Gasteiger partial charge on any atom is 0.217 e. The molecule has 0 heterocycles. The standard InChI is InChI=1S/C13H27NO2SSi/c1-13(2,3)17(15,16)14-12-9-7-8-11(12)10-18(4,5)6/h8,12,14H,7,9-10H2,1-6H3. The molecule has 0 radical (unpaired) electrons. The molecule has 0 saturated carbocycles. The zero-order chi connectivity index (χ0) is 14.2. The second kappa shape index (κ2) is 5.10. The van der Waals surface area contributed by atoms with Gasteiger partial charge in [-0.25, -0.2) is 13.1 Å². The molecule has 1 aliphatic rings. The molecule has 5 heteroatoms. The third-order valence-corrected chi connectivity index (χ3v) is 6.82. The molecule has 0 saturated heterocycles. The molecule has 0 aromatic rings. The molecule has 106 valence electrons. The minimum Gasteiger partial charge on any atom is -0.212 e. The summed E-state index contributed by atoms with van der Waals surface area (Å²) in [4.78, 5) is 0. The number of hydrogen-bond donors (Lipinski definition) is 1. The normalized spacial score (nSPS) is 22.1. The van der Waals surface area contributed by atoms with Gasteiger partial charge in [0.2, 0.25) is 10.0 Å². The van der Waals surface area contributed by atoms with Crippen LogP contribution in [0, 0.1) is 0 Å². The van der Waals surface area contributed by atoms with Crippen molar-refractivity contribution in [3.05, 3.63) is 11.6 Å². The zero-order valence-corrected chi connectivity index (χ0v) is 14.3. The molecule has 18 heavy (non-hydrogen) atoms. The quantitative estimate of drug-likeness (QED) is 0.638. The highest BCUT2D eigenvalue weighted by Crippen LogP contribution is 2.29. The van der Waals surface area contributed by atoms with E-state index in [9.17, 15) is 8.42 Å². The molecular formula is C13H27NO2SSi. The number of rotatable bonds is 4. The van der Waals surface area contributed by atoms with Crippen molar-refractivity contribution in [3.63, 3.8) is 0 Å². The fraction of sp³-hybridized carbons (Fsp3) is 0.846. The van der Waals surface area contributed by atoms with Gasteiger partial charge in [-0.3, -0.25) is 0 Å². The Labute approximate surface area is 113 Å². The summed E-state index contributed by atoms with van der Waals surface area (Å²) in [7, 11) is -4.43. The maximum absolute atomic E-state index is 12.2. The van der Waals surface area contributed by atoms with Gasteiger partial charge in [0, 0.05) is 14.1 Å². The van der Waals surface area contributed by atoms with Gasteiger partial charge in [-0.15, -0.1) is 0 Å². The summed E-state index contributed by atoms with van der Waals surface area (Å²) < 4.78 is 26.5. The Hall–Kier alpha value is -0.133. The van der Waals surface area contributed by atoms with E-state index in [1.807, 2.05) is 0 Å². The average Bonchev–Trinajstić information content (AvgIpc) is 2.46. The van der Waals surface area contributed by atoms with E-state index in [2.05, 4.69) is 30.4 Å². The van der Waals surface area contributed by atoms with E-state index in [0.29, 0.717) is 0 Å². The van der Waals surface area contributed by atoms with Crippen LogP contribution < -0.4 is 4.72 Å². The predicted molar refractivity (Wildman–Crippen MR) is 81.1 cm³/mol. The first-order valence-electron chi connectivity index (χ1n) is 6.63. The molecule has 0 fully saturated rings. The van der Waals surface area contributed by atoms with Crippen LogP contribution in [0.4, 0.5) is 0 Å². The Morgan fingerprint density at radius 3 is 2.33 bits per heavy atom. The lowest BCUT2D eigenvalue weighted by molar-refractivity contribution is 0.530. The van der Waals surface area contributed by atoms with E-state index in [1.54, 1.807) is 20.8 Å². The zero-order valence-electron chi connectivity index (χ0n) is 12.5. The molecular weight excluding hydrogens is 262 g/mol. The van der Waals surface area contributed by atoms with Gasteiger partial charge in [0.05, 0.1) is 4.75 Å². The van der Waals surface area contributed by atoms with Crippen molar-refractivity contribution in [2.45, 2.75) is 70.1 Å². The Bertz CT molecular complexity index is 427. The fourth-order valence-corrected chi connectivity index (χ4v) is 4.68. The van der Waals surface area contributed by atoms with Gasteiger partial charge in [0.25, 0.3) is 0 Å². The summed E-state index contributed by atoms with van der Waals surface area (Å²) >= 11 is 0. The molecule has 0 amide bonds. The number of allylic oxidation sites excluding steroid dienone is 1. The van der Waals surface area contributed by atoms with Crippen LogP contribution >= 0.6 is 0 Å². The highest BCUT2D eigenvalue weighted by atomic mass is 32.2. The molecule has 0 aliphatic heterocycles. The SMILES string of the molecule is CC(C)(C)S(=O)(=O)NC1CCC=C1C[Si](C)(C)C. The van der Waals surface area contributed by atoms with Crippen molar-refractivity contribution >= 4 is 18.1 Å². The summed E-state index contributed by atoms with van der Waals surface area (Å²) in [6.45, 7) is 12.2. The second-order valence-corrected chi connectivity index (χ2v) is 15.3. The maximum atomic E-state index is 12.2. The van der Waals surface area contributed by atoms with E-state index in [0.717, 1.165) is 18.9 Å². The van der Waals surface area contributed by atoms with E-state index >= 15 is 0 Å². The monoisotopic (exact) mass is 289 g/mol. The smallest absolute Gasteiger partial charge is 0.212 e. The lowest BCUT2D eigenvalue weighted by Crippen LogP contribution is -2.45. The molecule has 3 nitrogen and oxygen atoms in total. The third-order valence-electron chi connectivity index (χ3n) is 3.15. The summed E-state index contributed by atoms with van der Waals surface area (Å²) in [6, 6.07) is 1.12. The van der Waals surface area contributed by atoms with Crippen molar-refractivity contribution in [2.24, 2.45) is 0 Å². The van der Waals surface area contributed by atoms with Crippen molar-refractivity contribution in [1.82, 2.24) is 4.72 Å². The summed E-state index contributed by atoms with van der Waals surface area (Å²) in [5.41, 5.74) is 1.31. The lowest BCUT2D eigenvalue weighted by Gasteiger charge is -2.26. The first-order chi connectivity index (χ1) is 7.92. The topological polar surface area (TPSA) is 46.2 Å². The summed E-state index contributed by atoms with van der Waals surface area (Å²) in [5.74, 6) is 0. The molecule has 1 rings (SSSR count). The van der Waals surface area contributed by atoms with Crippen LogP contribution in [-0.4, -0.2) is 27.3 Å². The molecule has 1 aliphatic carbocycles. The van der Waals surface area contributed by atoms with Crippen LogP contribution in [0.25, 0.3) is 0 Å². The third kappa shape index (κ3) is 4.21. The van der Waals surface area contributed by atoms with Gasteiger partial charge < -0.3 is 0 Å². The van der Waals surface area contributed by atoms with Gasteiger partial charge >= 0.3 is 0 Å². The predicted octanol–water partition coefficient (Wildman–Crippen LogP) is 3.13. The van der Waals surface area contributed by atoms with Crippen molar-refractivity contribution < 1.29 is 8.42 Å². The van der Waals surface area contributed by atoms with Gasteiger partial charge in [-0.05, 0) is 39.7 Å². The van der Waals surface area contributed by atoms with E-state index < -0.39 is 22.8 Å². The van der Waals surface area contributed by atoms with Gasteiger partial charge in [0.15, 0.2) is 0 Å². The number of sulfonamides is 1. The van der Waals surface area contributed by atoms with Crippen molar-refractivity contribution in [3.8, 4) is 0 Å². The van der Waals surface area contributed by atoms with Crippen LogP contribution in [0.15, 0.2) is 11.6 Å². The Morgan fingerprint density at radius 1 is 1.33 bits per heavy atom. The highest BCUT2D eigenvalue weighted by Gasteiger charge is 2.34. The molecule has 0 aromatic carbocycles. The van der Waals surface area contributed by atoms with Crippen LogP contribution in [0.1, 0.15) is 33.6 Å². The number of nitrogens with one attached hydrogen (secondary N) is 1. The first-order valence-corrected chi connectivity index (χ1v) is 11.8. The number of hydrogen-bond acceptors (Lipinski definition) is 2. The molecule has 1 N–H and O–H groups in total. The van der Waals surface area contributed by atoms with Gasteiger partial charge in [-0.2, -0.15) is 0 Å². The average molecular weight is 290 g/mol. The van der Waals surface area contributed by atoms with Crippen LogP contribution in [0.3, 0.4) is 0 Å². The molecule has 0 spiro atoms. The molecule has 1 unspecified atom stereocenters. The minimum atomic E-state index is -3.25. The second-order valence-electron chi connectivity index (χ2n) is 7.38. The van der Waals surface area contributed by atoms with E-state index in [4.69, 9.17) is 0 Å². The largest absolute Gasteiger partial charge is 0.217 e. The Balaban J connectivity index is 2.78. The Kier molecular flexibility index (Phi) is 4.51. The Morgan fingerprint density at radius 2 is 1.89 bits per heavy atom. The van der Waals surface area contributed by atoms with Crippen molar-refractivity contribution in [1.29, 1.82) is 0 Å². The van der Waals surface area contributed by atoms with Gasteiger partial charge in [-0.1, -0.05) is 31.3 Å². The van der Waals surface area contributed by atoms with Crippen LogP contribution in [0.5, 0.6) is 0 Å². The lowest BCUT2D eigenvalue weighted by atomic mass is 10.2. The minimum absolute atomic E-state index is 0.0287. The first kappa shape index (κ1) is 15.9.